The van der Waals surface area contributed by atoms with Crippen LogP contribution < -0.4 is 10.6 Å². The second kappa shape index (κ2) is 6.89. The van der Waals surface area contributed by atoms with Crippen LogP contribution in [0.2, 0.25) is 0 Å². The maximum absolute atomic E-state index is 11.0. The quantitative estimate of drug-likeness (QED) is 0.851. The molecule has 0 aliphatic carbocycles. The van der Waals surface area contributed by atoms with Crippen LogP contribution in [-0.2, 0) is 9.53 Å². The summed E-state index contributed by atoms with van der Waals surface area (Å²) in [6.07, 6.45) is 5.45. The molecule has 1 amide bonds. The molecule has 1 saturated heterocycles. The summed E-state index contributed by atoms with van der Waals surface area (Å²) in [6.45, 7) is 3.14. The third kappa shape index (κ3) is 3.75. The van der Waals surface area contributed by atoms with Crippen molar-refractivity contribution in [3.8, 4) is 0 Å². The lowest BCUT2D eigenvalue weighted by atomic mass is 10.1. The van der Waals surface area contributed by atoms with Crippen LogP contribution in [0.25, 0.3) is 10.9 Å². The number of carbonyl (C=O) groups excluding carboxylic acids is 1. The third-order valence-electron chi connectivity index (χ3n) is 3.94. The van der Waals surface area contributed by atoms with Crippen molar-refractivity contribution in [2.24, 2.45) is 5.73 Å². The Bertz CT molecular complexity index is 688. The number of nitrogens with two attached hydrogens (primary N) is 1. The number of anilines is 1. The van der Waals surface area contributed by atoms with Crippen LogP contribution in [0.15, 0.2) is 30.7 Å². The zero-order valence-electron chi connectivity index (χ0n) is 13.2. The molecule has 0 spiro atoms. The first-order valence-corrected chi connectivity index (χ1v) is 7.65. The number of rotatable bonds is 5. The SMILES string of the molecule is CN(CC(N)=O)C[C@H]1CN(c2ccnc3ccncc23)CCO1. The van der Waals surface area contributed by atoms with E-state index >= 15 is 0 Å². The zero-order valence-corrected chi connectivity index (χ0v) is 13.2. The van der Waals surface area contributed by atoms with Gasteiger partial charge >= 0.3 is 0 Å². The summed E-state index contributed by atoms with van der Waals surface area (Å²) >= 11 is 0. The van der Waals surface area contributed by atoms with Gasteiger partial charge in [0, 0.05) is 49.3 Å². The van der Waals surface area contributed by atoms with Crippen LogP contribution >= 0.6 is 0 Å². The van der Waals surface area contributed by atoms with Gasteiger partial charge in [-0.05, 0) is 19.2 Å². The molecule has 7 nitrogen and oxygen atoms in total. The van der Waals surface area contributed by atoms with Gasteiger partial charge in [0.1, 0.15) is 0 Å². The molecule has 0 bridgehead atoms. The van der Waals surface area contributed by atoms with Gasteiger partial charge in [-0.1, -0.05) is 0 Å². The Morgan fingerprint density at radius 1 is 1.48 bits per heavy atom. The fourth-order valence-corrected chi connectivity index (χ4v) is 2.98. The Hall–Kier alpha value is -2.25. The molecule has 2 aromatic rings. The van der Waals surface area contributed by atoms with Crippen molar-refractivity contribution in [3.05, 3.63) is 30.7 Å². The number of primary amides is 1. The molecule has 1 aliphatic rings. The number of morpholine rings is 1. The number of pyridine rings is 2. The van der Waals surface area contributed by atoms with Crippen LogP contribution in [0.1, 0.15) is 0 Å². The summed E-state index contributed by atoms with van der Waals surface area (Å²) in [4.78, 5) is 23.8. The summed E-state index contributed by atoms with van der Waals surface area (Å²) in [5, 5.41) is 1.04. The summed E-state index contributed by atoms with van der Waals surface area (Å²) in [6, 6.07) is 3.93. The van der Waals surface area contributed by atoms with E-state index in [1.165, 1.54) is 0 Å². The number of likely N-dealkylation sites (N-methyl/N-ethyl adjacent to an activating group) is 1. The molecule has 2 N–H and O–H groups in total. The molecule has 1 aliphatic heterocycles. The van der Waals surface area contributed by atoms with Crippen LogP contribution in [0.4, 0.5) is 5.69 Å². The highest BCUT2D eigenvalue weighted by molar-refractivity contribution is 5.90. The third-order valence-corrected chi connectivity index (χ3v) is 3.94. The van der Waals surface area contributed by atoms with Crippen molar-refractivity contribution in [1.82, 2.24) is 14.9 Å². The van der Waals surface area contributed by atoms with Crippen molar-refractivity contribution in [3.63, 3.8) is 0 Å². The minimum Gasteiger partial charge on any atom is -0.373 e. The van der Waals surface area contributed by atoms with Gasteiger partial charge in [0.2, 0.25) is 5.91 Å². The highest BCUT2D eigenvalue weighted by Crippen LogP contribution is 2.26. The largest absolute Gasteiger partial charge is 0.373 e. The fraction of sp³-hybridized carbons (Fsp3) is 0.438. The molecule has 2 aromatic heterocycles. The molecule has 1 atom stereocenters. The molecule has 3 heterocycles. The smallest absolute Gasteiger partial charge is 0.231 e. The Labute approximate surface area is 135 Å². The average Bonchev–Trinajstić information content (AvgIpc) is 2.53. The molecule has 23 heavy (non-hydrogen) atoms. The van der Waals surface area contributed by atoms with E-state index in [4.69, 9.17) is 10.5 Å². The molecule has 0 saturated carbocycles. The van der Waals surface area contributed by atoms with E-state index in [-0.39, 0.29) is 18.6 Å². The van der Waals surface area contributed by atoms with E-state index in [2.05, 4.69) is 14.9 Å². The van der Waals surface area contributed by atoms with Crippen LogP contribution in [0.3, 0.4) is 0 Å². The molecule has 122 valence electrons. The van der Waals surface area contributed by atoms with Gasteiger partial charge in [-0.3, -0.25) is 19.7 Å². The predicted molar refractivity (Wildman–Crippen MR) is 88.2 cm³/mol. The first kappa shape index (κ1) is 15.6. The molecule has 0 aromatic carbocycles. The van der Waals surface area contributed by atoms with Gasteiger partial charge in [0.15, 0.2) is 0 Å². The predicted octanol–water partition coefficient (Wildman–Crippen LogP) is 0.252. The lowest BCUT2D eigenvalue weighted by Gasteiger charge is -2.36. The van der Waals surface area contributed by atoms with Gasteiger partial charge < -0.3 is 15.4 Å². The summed E-state index contributed by atoms with van der Waals surface area (Å²) in [5.74, 6) is -0.327. The molecule has 1 fully saturated rings. The Balaban J connectivity index is 1.74. The standard InChI is InChI=1S/C16H21N5O2/c1-20(11-16(17)22)9-12-10-21(6-7-23-12)15-3-5-19-14-2-4-18-8-13(14)15/h2-5,8,12H,6-7,9-11H2,1H3,(H2,17,22)/t12-/m0/s1. The van der Waals surface area contributed by atoms with E-state index < -0.39 is 0 Å². The van der Waals surface area contributed by atoms with Crippen LogP contribution in [0, 0.1) is 0 Å². The highest BCUT2D eigenvalue weighted by atomic mass is 16.5. The van der Waals surface area contributed by atoms with E-state index in [1.54, 1.807) is 6.20 Å². The molecule has 3 rings (SSSR count). The van der Waals surface area contributed by atoms with Gasteiger partial charge in [-0.15, -0.1) is 0 Å². The lowest BCUT2D eigenvalue weighted by Crippen LogP contribution is -2.48. The first-order chi connectivity index (χ1) is 11.1. The average molecular weight is 315 g/mol. The number of ether oxygens (including phenoxy) is 1. The van der Waals surface area contributed by atoms with Crippen LogP contribution in [0.5, 0.6) is 0 Å². The Kier molecular flexibility index (Phi) is 4.68. The van der Waals surface area contributed by atoms with Crippen molar-refractivity contribution < 1.29 is 9.53 Å². The Morgan fingerprint density at radius 2 is 2.35 bits per heavy atom. The maximum Gasteiger partial charge on any atom is 0.231 e. The van der Waals surface area contributed by atoms with Gasteiger partial charge in [-0.25, -0.2) is 0 Å². The minimum absolute atomic E-state index is 0.0352. The monoisotopic (exact) mass is 315 g/mol. The van der Waals surface area contributed by atoms with Gasteiger partial charge in [-0.2, -0.15) is 0 Å². The Morgan fingerprint density at radius 3 is 3.17 bits per heavy atom. The number of aromatic nitrogens is 2. The van der Waals surface area contributed by atoms with Crippen molar-refractivity contribution in [2.75, 3.05) is 44.7 Å². The number of fused-ring (bicyclic) bond motifs is 1. The topological polar surface area (TPSA) is 84.6 Å². The van der Waals surface area contributed by atoms with Crippen molar-refractivity contribution >= 4 is 22.5 Å². The highest BCUT2D eigenvalue weighted by Gasteiger charge is 2.23. The van der Waals surface area contributed by atoms with Gasteiger partial charge in [0.25, 0.3) is 0 Å². The minimum atomic E-state index is -0.327. The summed E-state index contributed by atoms with van der Waals surface area (Å²) in [7, 11) is 1.87. The number of carbonyl (C=O) groups is 1. The zero-order chi connectivity index (χ0) is 16.2. The number of nitrogens with zero attached hydrogens (tertiary/aromatic N) is 4. The summed E-state index contributed by atoms with van der Waals surface area (Å²) in [5.41, 5.74) is 7.29. The molecular formula is C16H21N5O2. The van der Waals surface area contributed by atoms with Gasteiger partial charge in [0.05, 0.1) is 24.8 Å². The first-order valence-electron chi connectivity index (χ1n) is 7.65. The van der Waals surface area contributed by atoms with E-state index in [0.29, 0.717) is 13.2 Å². The molecule has 7 heteroatoms. The van der Waals surface area contributed by atoms with E-state index in [9.17, 15) is 4.79 Å². The number of amides is 1. The molecular weight excluding hydrogens is 294 g/mol. The number of hydrogen-bond donors (Lipinski definition) is 1. The second-order valence-electron chi connectivity index (χ2n) is 5.82. The molecule has 0 radical (unpaired) electrons. The number of hydrogen-bond acceptors (Lipinski definition) is 6. The fourth-order valence-electron chi connectivity index (χ4n) is 2.98. The lowest BCUT2D eigenvalue weighted by molar-refractivity contribution is -0.119. The van der Waals surface area contributed by atoms with Crippen molar-refractivity contribution in [1.29, 1.82) is 0 Å². The molecule has 0 unspecified atom stereocenters. The van der Waals surface area contributed by atoms with Crippen LogP contribution in [-0.4, -0.2) is 66.7 Å². The summed E-state index contributed by atoms with van der Waals surface area (Å²) < 4.78 is 5.83. The maximum atomic E-state index is 11.0. The van der Waals surface area contributed by atoms with Crippen molar-refractivity contribution in [2.45, 2.75) is 6.10 Å². The second-order valence-corrected chi connectivity index (χ2v) is 5.82. The van der Waals surface area contributed by atoms with E-state index in [0.717, 1.165) is 29.7 Å². The normalized spacial score (nSPS) is 18.5. The van der Waals surface area contributed by atoms with E-state index in [1.807, 2.05) is 36.5 Å².